The summed E-state index contributed by atoms with van der Waals surface area (Å²) < 4.78 is 61.9. The predicted octanol–water partition coefficient (Wildman–Crippen LogP) is 0.888. The number of carbonyl (C=O) groups is 8. The number of benzene rings is 1. The quantitative estimate of drug-likeness (QED) is 0.146. The van der Waals surface area contributed by atoms with Crippen LogP contribution in [0.3, 0.4) is 0 Å². The lowest BCUT2D eigenvalue weighted by atomic mass is 9.97. The third kappa shape index (κ3) is 12.5. The van der Waals surface area contributed by atoms with E-state index in [9.17, 15) is 38.4 Å². The number of Topliss-reactive ketones (excluding diaryl/α,β-unsaturated/α-hetero) is 1. The van der Waals surface area contributed by atoms with Crippen LogP contribution in [-0.2, 0) is 80.9 Å². The summed E-state index contributed by atoms with van der Waals surface area (Å²) in [5, 5.41) is 0. The van der Waals surface area contributed by atoms with Gasteiger partial charge in [0.25, 0.3) is 0 Å². The molecule has 10 atom stereocenters. The standard InChI is InChI=1S/C34H42O19/c1-15(35)23-9-11-24(12-10-23)51-34-32(50-22(8)42)30(48-20(6)40)28(46-18(4)38)26(53-34)14-44-33-31(49-21(7)41)29(47-19(5)39)27(45-17(3)37)25(52-33)13-43-16(2)36/h9-12,25-34H,13-14H2,1-8H3/t25-,26-,27-,28+,29+,30-,31-,32+,33-,34-/m0/s1. The van der Waals surface area contributed by atoms with Crippen molar-refractivity contribution in [1.82, 2.24) is 0 Å². The smallest absolute Gasteiger partial charge is 0.303 e. The number of ether oxygens (including phenoxy) is 11. The van der Waals surface area contributed by atoms with Gasteiger partial charge in [-0.1, -0.05) is 0 Å². The van der Waals surface area contributed by atoms with E-state index < -0.39 is 116 Å². The lowest BCUT2D eigenvalue weighted by Gasteiger charge is -2.46. The fourth-order valence-corrected chi connectivity index (χ4v) is 5.50. The molecule has 0 N–H and O–H groups in total. The fourth-order valence-electron chi connectivity index (χ4n) is 5.50. The molecule has 0 unspecified atom stereocenters. The van der Waals surface area contributed by atoms with Crippen LogP contribution in [0.15, 0.2) is 24.3 Å². The molecule has 0 saturated carbocycles. The van der Waals surface area contributed by atoms with E-state index in [1.54, 1.807) is 0 Å². The maximum absolute atomic E-state index is 12.4. The third-order valence-corrected chi connectivity index (χ3v) is 7.38. The van der Waals surface area contributed by atoms with Gasteiger partial charge in [0.15, 0.2) is 42.6 Å². The summed E-state index contributed by atoms with van der Waals surface area (Å²) in [6, 6.07) is 5.81. The summed E-state index contributed by atoms with van der Waals surface area (Å²) in [5.74, 6) is -6.01. The molecule has 0 spiro atoms. The molecule has 2 fully saturated rings. The second-order valence-electron chi connectivity index (χ2n) is 11.9. The molecule has 0 radical (unpaired) electrons. The van der Waals surface area contributed by atoms with Gasteiger partial charge >= 0.3 is 41.8 Å². The molecular formula is C34H42O19. The first-order valence-electron chi connectivity index (χ1n) is 16.2. The van der Waals surface area contributed by atoms with E-state index >= 15 is 0 Å². The van der Waals surface area contributed by atoms with Crippen LogP contribution < -0.4 is 4.74 Å². The van der Waals surface area contributed by atoms with E-state index in [0.717, 1.165) is 48.5 Å². The topological polar surface area (TPSA) is 238 Å². The highest BCUT2D eigenvalue weighted by Gasteiger charge is 2.56. The Morgan fingerprint density at radius 2 is 0.849 bits per heavy atom. The van der Waals surface area contributed by atoms with Crippen LogP contribution in [0.1, 0.15) is 65.7 Å². The Morgan fingerprint density at radius 3 is 1.26 bits per heavy atom. The van der Waals surface area contributed by atoms with E-state index in [4.69, 9.17) is 52.1 Å². The molecule has 3 rings (SSSR count). The average molecular weight is 755 g/mol. The fraction of sp³-hybridized carbons (Fsp3) is 0.588. The van der Waals surface area contributed by atoms with Gasteiger partial charge in [-0.15, -0.1) is 0 Å². The maximum Gasteiger partial charge on any atom is 0.303 e. The molecule has 2 aliphatic rings. The van der Waals surface area contributed by atoms with Gasteiger partial charge in [-0.25, -0.2) is 0 Å². The molecule has 2 saturated heterocycles. The summed E-state index contributed by atoms with van der Waals surface area (Å²) in [6.07, 6.45) is -15.3. The molecule has 0 amide bonds. The molecule has 292 valence electrons. The minimum atomic E-state index is -1.67. The first-order chi connectivity index (χ1) is 24.9. The van der Waals surface area contributed by atoms with Gasteiger partial charge < -0.3 is 52.1 Å². The minimum Gasteiger partial charge on any atom is -0.463 e. The molecule has 2 aliphatic heterocycles. The van der Waals surface area contributed by atoms with Crippen molar-refractivity contribution < 1.29 is 90.5 Å². The van der Waals surface area contributed by atoms with E-state index in [-0.39, 0.29) is 11.5 Å². The zero-order chi connectivity index (χ0) is 39.6. The molecule has 0 aliphatic carbocycles. The van der Waals surface area contributed by atoms with Gasteiger partial charge in [0.1, 0.15) is 24.6 Å². The minimum absolute atomic E-state index is 0.129. The molecule has 1 aromatic carbocycles. The van der Waals surface area contributed by atoms with Crippen molar-refractivity contribution in [2.24, 2.45) is 0 Å². The van der Waals surface area contributed by atoms with Crippen LogP contribution in [0.25, 0.3) is 0 Å². The van der Waals surface area contributed by atoms with Gasteiger partial charge in [0.05, 0.1) is 6.61 Å². The Kier molecular flexibility index (Phi) is 15.2. The number of rotatable bonds is 14. The molecular weight excluding hydrogens is 712 g/mol. The van der Waals surface area contributed by atoms with E-state index in [2.05, 4.69) is 0 Å². The normalized spacial score (nSPS) is 27.9. The summed E-state index contributed by atoms with van der Waals surface area (Å²) in [5.41, 5.74) is 0.363. The highest BCUT2D eigenvalue weighted by atomic mass is 16.8. The Morgan fingerprint density at radius 1 is 0.472 bits per heavy atom. The molecule has 0 aromatic heterocycles. The average Bonchev–Trinajstić information content (AvgIpc) is 3.03. The van der Waals surface area contributed by atoms with Gasteiger partial charge in [0, 0.05) is 54.0 Å². The highest BCUT2D eigenvalue weighted by Crippen LogP contribution is 2.34. The van der Waals surface area contributed by atoms with Crippen LogP contribution in [-0.4, -0.2) is 122 Å². The zero-order valence-electron chi connectivity index (χ0n) is 30.3. The first-order valence-corrected chi connectivity index (χ1v) is 16.2. The monoisotopic (exact) mass is 754 g/mol. The summed E-state index contributed by atoms with van der Waals surface area (Å²) in [6.45, 7) is 7.64. The largest absolute Gasteiger partial charge is 0.463 e. The first kappa shape index (κ1) is 42.3. The van der Waals surface area contributed by atoms with Crippen LogP contribution in [0.4, 0.5) is 0 Å². The van der Waals surface area contributed by atoms with Crippen molar-refractivity contribution in [2.45, 2.75) is 117 Å². The zero-order valence-corrected chi connectivity index (χ0v) is 30.3. The van der Waals surface area contributed by atoms with Crippen LogP contribution in [0, 0.1) is 0 Å². The van der Waals surface area contributed by atoms with Gasteiger partial charge in [-0.05, 0) is 31.2 Å². The summed E-state index contributed by atoms with van der Waals surface area (Å²) >= 11 is 0. The summed E-state index contributed by atoms with van der Waals surface area (Å²) in [7, 11) is 0. The van der Waals surface area contributed by atoms with Crippen molar-refractivity contribution in [3.63, 3.8) is 0 Å². The van der Waals surface area contributed by atoms with E-state index in [1.807, 2.05) is 0 Å². The molecule has 1 aromatic rings. The van der Waals surface area contributed by atoms with Crippen LogP contribution in [0.5, 0.6) is 5.75 Å². The van der Waals surface area contributed by atoms with E-state index in [1.165, 1.54) is 31.2 Å². The van der Waals surface area contributed by atoms with E-state index in [0.29, 0.717) is 5.56 Å². The molecule has 19 heteroatoms. The number of esters is 7. The van der Waals surface area contributed by atoms with Crippen molar-refractivity contribution >= 4 is 47.6 Å². The number of carbonyl (C=O) groups excluding carboxylic acids is 8. The third-order valence-electron chi connectivity index (χ3n) is 7.38. The van der Waals surface area contributed by atoms with Crippen LogP contribution in [0.2, 0.25) is 0 Å². The Hall–Kier alpha value is -5.14. The second-order valence-corrected chi connectivity index (χ2v) is 11.9. The van der Waals surface area contributed by atoms with Crippen molar-refractivity contribution in [2.75, 3.05) is 13.2 Å². The second kappa shape index (κ2) is 19.1. The lowest BCUT2D eigenvalue weighted by Crippen LogP contribution is -2.65. The highest BCUT2D eigenvalue weighted by molar-refractivity contribution is 5.94. The number of hydrogen-bond acceptors (Lipinski definition) is 19. The van der Waals surface area contributed by atoms with Crippen molar-refractivity contribution in [3.8, 4) is 5.75 Å². The predicted molar refractivity (Wildman–Crippen MR) is 170 cm³/mol. The van der Waals surface area contributed by atoms with Crippen molar-refractivity contribution in [1.29, 1.82) is 0 Å². The Bertz CT molecular complexity index is 1520. The Labute approximate surface area is 303 Å². The maximum atomic E-state index is 12.4. The molecule has 0 bridgehead atoms. The van der Waals surface area contributed by atoms with Crippen molar-refractivity contribution in [3.05, 3.63) is 29.8 Å². The lowest BCUT2D eigenvalue weighted by molar-refractivity contribution is -0.327. The Balaban J connectivity index is 2.07. The number of ketones is 1. The summed E-state index contributed by atoms with van der Waals surface area (Å²) in [4.78, 5) is 97.1. The van der Waals surface area contributed by atoms with Gasteiger partial charge in [-0.2, -0.15) is 0 Å². The molecule has 53 heavy (non-hydrogen) atoms. The molecule has 19 nitrogen and oxygen atoms in total. The van der Waals surface area contributed by atoms with Gasteiger partial charge in [0.2, 0.25) is 12.4 Å². The van der Waals surface area contributed by atoms with Gasteiger partial charge in [-0.3, -0.25) is 38.4 Å². The van der Waals surface area contributed by atoms with Crippen LogP contribution >= 0.6 is 0 Å². The molecule has 2 heterocycles. The SMILES string of the molecule is CC(=O)OC[C@@H]1O[C@H](OC[C@@H]2O[C@H](Oc3ccc(C(C)=O)cc3)[C@H](OC(C)=O)[C@@H](OC(C)=O)[C@@H]2OC(C)=O)[C@@H](OC(C)=O)[C@H](OC(C)=O)[C@H]1OC(C)=O. The number of hydrogen-bond donors (Lipinski definition) is 0.